The first-order valence-corrected chi connectivity index (χ1v) is 5.44. The zero-order chi connectivity index (χ0) is 11.0. The zero-order valence-corrected chi connectivity index (χ0v) is 9.35. The zero-order valence-electron chi connectivity index (χ0n) is 7.83. The van der Waals surface area contributed by atoms with Gasteiger partial charge < -0.3 is 5.11 Å². The number of nitrogens with zero attached hydrogens (tertiary/aromatic N) is 1. The number of carbonyl (C=O) groups is 1. The number of aromatic nitrogens is 1. The van der Waals surface area contributed by atoms with Gasteiger partial charge in [0.05, 0.1) is 5.02 Å². The van der Waals surface area contributed by atoms with Gasteiger partial charge in [-0.2, -0.15) is 0 Å². The molecule has 3 nitrogen and oxygen atoms in total. The van der Waals surface area contributed by atoms with Crippen LogP contribution in [-0.4, -0.2) is 16.1 Å². The van der Waals surface area contributed by atoms with E-state index in [0.29, 0.717) is 10.6 Å². The van der Waals surface area contributed by atoms with Gasteiger partial charge in [0.2, 0.25) is 0 Å². The third-order valence-corrected chi connectivity index (χ3v) is 3.38. The molecule has 0 aliphatic heterocycles. The molecule has 2 rings (SSSR count). The molecule has 1 fully saturated rings. The third kappa shape index (κ3) is 1.94. The summed E-state index contributed by atoms with van der Waals surface area (Å²) in [4.78, 5) is 14.8. The first-order valence-electron chi connectivity index (χ1n) is 4.69. The highest BCUT2D eigenvalue weighted by Crippen LogP contribution is 2.39. The van der Waals surface area contributed by atoms with E-state index in [1.54, 1.807) is 6.07 Å². The molecule has 0 amide bonds. The van der Waals surface area contributed by atoms with Crippen LogP contribution in [0.4, 0.5) is 0 Å². The fraction of sp³-hybridized carbons (Fsp3) is 0.400. The van der Waals surface area contributed by atoms with E-state index in [2.05, 4.69) is 4.98 Å². The van der Waals surface area contributed by atoms with Gasteiger partial charge in [0.1, 0.15) is 5.15 Å². The molecule has 1 heterocycles. The predicted molar refractivity (Wildman–Crippen MR) is 57.8 cm³/mol. The fourth-order valence-corrected chi connectivity index (χ4v) is 1.98. The van der Waals surface area contributed by atoms with Crippen molar-refractivity contribution in [3.8, 4) is 0 Å². The lowest BCUT2D eigenvalue weighted by molar-refractivity contribution is 0.0687. The van der Waals surface area contributed by atoms with Crippen molar-refractivity contribution < 1.29 is 9.90 Å². The van der Waals surface area contributed by atoms with Gasteiger partial charge in [-0.3, -0.25) is 0 Å². The first-order chi connectivity index (χ1) is 7.09. The molecule has 0 atom stereocenters. The van der Waals surface area contributed by atoms with Crippen LogP contribution >= 0.6 is 23.2 Å². The van der Waals surface area contributed by atoms with Crippen LogP contribution < -0.4 is 0 Å². The molecular formula is C10H9Cl2NO2. The summed E-state index contributed by atoms with van der Waals surface area (Å²) in [5.41, 5.74) is 0.747. The average molecular weight is 246 g/mol. The van der Waals surface area contributed by atoms with E-state index < -0.39 is 5.97 Å². The van der Waals surface area contributed by atoms with Gasteiger partial charge in [-0.05, 0) is 30.4 Å². The Morgan fingerprint density at radius 3 is 2.60 bits per heavy atom. The molecule has 1 aromatic heterocycles. The van der Waals surface area contributed by atoms with Gasteiger partial charge in [-0.15, -0.1) is 0 Å². The van der Waals surface area contributed by atoms with Gasteiger partial charge in [0.15, 0.2) is 5.69 Å². The highest BCUT2D eigenvalue weighted by atomic mass is 35.5. The largest absolute Gasteiger partial charge is 0.477 e. The molecular weight excluding hydrogens is 237 g/mol. The number of aromatic carboxylic acids is 1. The molecule has 0 unspecified atom stereocenters. The minimum Gasteiger partial charge on any atom is -0.477 e. The van der Waals surface area contributed by atoms with E-state index in [0.717, 1.165) is 19.3 Å². The minimum atomic E-state index is -1.05. The van der Waals surface area contributed by atoms with Crippen LogP contribution in [0.5, 0.6) is 0 Å². The van der Waals surface area contributed by atoms with Gasteiger partial charge in [0.25, 0.3) is 0 Å². The molecule has 0 bridgehead atoms. The van der Waals surface area contributed by atoms with E-state index in [1.807, 2.05) is 0 Å². The summed E-state index contributed by atoms with van der Waals surface area (Å²) in [6, 6.07) is 1.63. The second-order valence-electron chi connectivity index (χ2n) is 3.63. The second kappa shape index (κ2) is 3.99. The number of hydrogen-bond donors (Lipinski definition) is 1. The molecule has 0 radical (unpaired) electrons. The third-order valence-electron chi connectivity index (χ3n) is 2.71. The van der Waals surface area contributed by atoms with E-state index in [4.69, 9.17) is 28.3 Å². The highest BCUT2D eigenvalue weighted by Gasteiger charge is 2.26. The maximum absolute atomic E-state index is 11.0. The molecule has 0 aromatic carbocycles. The van der Waals surface area contributed by atoms with Crippen molar-refractivity contribution in [1.29, 1.82) is 0 Å². The molecule has 15 heavy (non-hydrogen) atoms. The Balaban J connectivity index is 2.49. The molecule has 1 saturated carbocycles. The Morgan fingerprint density at radius 2 is 2.13 bits per heavy atom. The predicted octanol–water partition coefficient (Wildman–Crippen LogP) is 3.35. The Kier molecular flexibility index (Phi) is 2.85. The van der Waals surface area contributed by atoms with Gasteiger partial charge in [-0.1, -0.05) is 29.6 Å². The lowest BCUT2D eigenvalue weighted by Gasteiger charge is -2.26. The maximum Gasteiger partial charge on any atom is 0.354 e. The van der Waals surface area contributed by atoms with Crippen molar-refractivity contribution in [3.63, 3.8) is 0 Å². The van der Waals surface area contributed by atoms with E-state index in [1.165, 1.54) is 0 Å². The second-order valence-corrected chi connectivity index (χ2v) is 4.40. The molecule has 1 aliphatic carbocycles. The Morgan fingerprint density at radius 1 is 1.47 bits per heavy atom. The summed E-state index contributed by atoms with van der Waals surface area (Å²) >= 11 is 11.5. The SMILES string of the molecule is O=C(O)c1nc(Cl)c(Cl)cc1C1CCC1. The summed E-state index contributed by atoms with van der Waals surface area (Å²) < 4.78 is 0. The molecule has 1 aliphatic rings. The lowest BCUT2D eigenvalue weighted by Crippen LogP contribution is -2.15. The number of rotatable bonds is 2. The maximum atomic E-state index is 11.0. The van der Waals surface area contributed by atoms with Crippen LogP contribution in [0.1, 0.15) is 41.2 Å². The van der Waals surface area contributed by atoms with Gasteiger partial charge in [-0.25, -0.2) is 9.78 Å². The monoisotopic (exact) mass is 245 g/mol. The van der Waals surface area contributed by atoms with Crippen molar-refractivity contribution in [2.24, 2.45) is 0 Å². The van der Waals surface area contributed by atoms with E-state index >= 15 is 0 Å². The minimum absolute atomic E-state index is 0.0362. The Labute approximate surface area is 97.0 Å². The van der Waals surface area contributed by atoms with Crippen LogP contribution in [0.2, 0.25) is 10.2 Å². The molecule has 1 N–H and O–H groups in total. The molecule has 0 saturated heterocycles. The van der Waals surface area contributed by atoms with Crippen LogP contribution in [0.15, 0.2) is 6.07 Å². The van der Waals surface area contributed by atoms with Gasteiger partial charge >= 0.3 is 5.97 Å². The first kappa shape index (κ1) is 10.7. The summed E-state index contributed by atoms with van der Waals surface area (Å²) in [5.74, 6) is -0.770. The topological polar surface area (TPSA) is 50.2 Å². The Bertz CT molecular complexity index is 416. The van der Waals surface area contributed by atoms with Crippen LogP contribution in [0, 0.1) is 0 Å². The summed E-state index contributed by atoms with van der Waals surface area (Å²) in [6.45, 7) is 0. The van der Waals surface area contributed by atoms with Crippen LogP contribution in [-0.2, 0) is 0 Å². The standard InChI is InChI=1S/C10H9Cl2NO2/c11-7-4-6(5-2-1-3-5)8(10(14)15)13-9(7)12/h4-5H,1-3H2,(H,14,15). The van der Waals surface area contributed by atoms with Crippen LogP contribution in [0.25, 0.3) is 0 Å². The summed E-state index contributed by atoms with van der Waals surface area (Å²) in [7, 11) is 0. The molecule has 0 spiro atoms. The molecule has 80 valence electrons. The normalized spacial score (nSPS) is 16.1. The summed E-state index contributed by atoms with van der Waals surface area (Å²) in [5, 5.41) is 9.36. The highest BCUT2D eigenvalue weighted by molar-refractivity contribution is 6.41. The molecule has 1 aromatic rings. The number of hydrogen-bond acceptors (Lipinski definition) is 2. The number of carboxylic acids is 1. The average Bonchev–Trinajstić information content (AvgIpc) is 2.07. The van der Waals surface area contributed by atoms with Crippen molar-refractivity contribution in [1.82, 2.24) is 4.98 Å². The Hall–Kier alpha value is -0.800. The van der Waals surface area contributed by atoms with Gasteiger partial charge in [0, 0.05) is 0 Å². The van der Waals surface area contributed by atoms with E-state index in [-0.39, 0.29) is 16.8 Å². The van der Waals surface area contributed by atoms with Crippen LogP contribution in [0.3, 0.4) is 0 Å². The molecule has 5 heteroatoms. The van der Waals surface area contributed by atoms with Crippen molar-refractivity contribution in [2.75, 3.05) is 0 Å². The van der Waals surface area contributed by atoms with Crippen molar-refractivity contribution >= 4 is 29.2 Å². The quantitative estimate of drug-likeness (QED) is 0.814. The number of pyridine rings is 1. The number of carboxylic acid groups (broad SMARTS) is 1. The lowest BCUT2D eigenvalue weighted by atomic mass is 9.79. The summed E-state index contributed by atoms with van der Waals surface area (Å²) in [6.07, 6.45) is 3.13. The smallest absolute Gasteiger partial charge is 0.354 e. The van der Waals surface area contributed by atoms with Crippen molar-refractivity contribution in [3.05, 3.63) is 27.5 Å². The number of halogens is 2. The van der Waals surface area contributed by atoms with Crippen molar-refractivity contribution in [2.45, 2.75) is 25.2 Å². The fourth-order valence-electron chi connectivity index (χ4n) is 1.68. The van der Waals surface area contributed by atoms with E-state index in [9.17, 15) is 4.79 Å².